The van der Waals surface area contributed by atoms with Gasteiger partial charge in [-0.2, -0.15) is 0 Å². The quantitative estimate of drug-likeness (QED) is 0.420. The van der Waals surface area contributed by atoms with Crippen molar-refractivity contribution in [3.05, 3.63) is 107 Å². The topological polar surface area (TPSA) is 23.6 Å². The molecule has 0 saturated carbocycles. The molecule has 4 rings (SSSR count). The first-order valence-corrected chi connectivity index (χ1v) is 10.6. The van der Waals surface area contributed by atoms with E-state index in [0.717, 1.165) is 43.9 Å². The van der Waals surface area contributed by atoms with Gasteiger partial charge in [0.25, 0.3) is 5.91 Å². The van der Waals surface area contributed by atoms with E-state index in [1.807, 2.05) is 71.6 Å². The fraction of sp³-hybridized carbons (Fsp3) is 0.192. The van der Waals surface area contributed by atoms with Crippen LogP contribution >= 0.6 is 11.6 Å². The fourth-order valence-electron chi connectivity index (χ4n) is 3.73. The maximum atomic E-state index is 13.5. The van der Waals surface area contributed by atoms with Crippen molar-refractivity contribution >= 4 is 29.2 Å². The zero-order chi connectivity index (χ0) is 20.8. The van der Waals surface area contributed by atoms with Crippen LogP contribution < -0.4 is 0 Å². The van der Waals surface area contributed by atoms with E-state index in [2.05, 4.69) is 29.2 Å². The summed E-state index contributed by atoms with van der Waals surface area (Å²) < 4.78 is 0. The van der Waals surface area contributed by atoms with Crippen LogP contribution in [0.4, 0.5) is 0 Å². The molecule has 3 aromatic rings. The summed E-state index contributed by atoms with van der Waals surface area (Å²) in [4.78, 5) is 17.8. The zero-order valence-electron chi connectivity index (χ0n) is 16.9. The monoisotopic (exact) mass is 416 g/mol. The van der Waals surface area contributed by atoms with Crippen LogP contribution in [0.5, 0.6) is 0 Å². The minimum Gasteiger partial charge on any atom is -0.336 e. The van der Waals surface area contributed by atoms with Gasteiger partial charge in [0, 0.05) is 43.3 Å². The first-order valence-electron chi connectivity index (χ1n) is 10.3. The van der Waals surface area contributed by atoms with Crippen molar-refractivity contribution in [2.75, 3.05) is 26.2 Å². The lowest BCUT2D eigenvalue weighted by Gasteiger charge is -2.35. The molecule has 1 heterocycles. The van der Waals surface area contributed by atoms with Crippen molar-refractivity contribution in [1.29, 1.82) is 0 Å². The van der Waals surface area contributed by atoms with E-state index in [1.165, 1.54) is 5.56 Å². The summed E-state index contributed by atoms with van der Waals surface area (Å²) in [6, 6.07) is 28.0. The lowest BCUT2D eigenvalue weighted by Crippen LogP contribution is -2.48. The van der Waals surface area contributed by atoms with Crippen LogP contribution in [-0.2, 0) is 11.3 Å². The molecule has 1 amide bonds. The Labute approximate surface area is 183 Å². The molecule has 0 spiro atoms. The van der Waals surface area contributed by atoms with Gasteiger partial charge in [-0.3, -0.25) is 9.69 Å². The molecule has 152 valence electrons. The molecule has 0 N–H and O–H groups in total. The standard InChI is InChI=1S/C26H25ClN2O/c27-24-13-11-23(12-14-24)25(19-21-7-3-1-4-8-21)26(30)29-17-15-28(16-18-29)20-22-9-5-2-6-10-22/h1-14,19H,15-18,20H2/b25-19-. The third-order valence-corrected chi connectivity index (χ3v) is 5.66. The molecule has 3 nitrogen and oxygen atoms in total. The van der Waals surface area contributed by atoms with Crippen LogP contribution in [0.3, 0.4) is 0 Å². The molecule has 0 bridgehead atoms. The van der Waals surface area contributed by atoms with Crippen LogP contribution in [-0.4, -0.2) is 41.9 Å². The maximum absolute atomic E-state index is 13.5. The van der Waals surface area contributed by atoms with Crippen LogP contribution in [0.1, 0.15) is 16.7 Å². The van der Waals surface area contributed by atoms with Crippen LogP contribution in [0.15, 0.2) is 84.9 Å². The molecule has 1 aliphatic rings. The highest BCUT2D eigenvalue weighted by atomic mass is 35.5. The smallest absolute Gasteiger partial charge is 0.254 e. The predicted octanol–water partition coefficient (Wildman–Crippen LogP) is 5.23. The van der Waals surface area contributed by atoms with Gasteiger partial charge < -0.3 is 4.90 Å². The van der Waals surface area contributed by atoms with E-state index < -0.39 is 0 Å². The molecule has 0 radical (unpaired) electrons. The van der Waals surface area contributed by atoms with Crippen LogP contribution in [0.2, 0.25) is 5.02 Å². The number of amides is 1. The summed E-state index contributed by atoms with van der Waals surface area (Å²) in [5.41, 5.74) is 3.91. The fourth-order valence-corrected chi connectivity index (χ4v) is 3.86. The number of piperazine rings is 1. The minimum atomic E-state index is 0.0699. The highest BCUT2D eigenvalue weighted by Gasteiger charge is 2.24. The number of carbonyl (C=O) groups is 1. The molecule has 0 unspecified atom stereocenters. The van der Waals surface area contributed by atoms with Crippen molar-refractivity contribution in [2.24, 2.45) is 0 Å². The number of hydrogen-bond donors (Lipinski definition) is 0. The number of rotatable bonds is 5. The van der Waals surface area contributed by atoms with E-state index in [4.69, 9.17) is 11.6 Å². The third-order valence-electron chi connectivity index (χ3n) is 5.40. The Balaban J connectivity index is 1.50. The number of nitrogens with zero attached hydrogens (tertiary/aromatic N) is 2. The van der Waals surface area contributed by atoms with Crippen molar-refractivity contribution in [3.8, 4) is 0 Å². The van der Waals surface area contributed by atoms with Gasteiger partial charge in [0.05, 0.1) is 0 Å². The van der Waals surface area contributed by atoms with Gasteiger partial charge in [0.15, 0.2) is 0 Å². The van der Waals surface area contributed by atoms with Gasteiger partial charge in [-0.15, -0.1) is 0 Å². The highest BCUT2D eigenvalue weighted by Crippen LogP contribution is 2.24. The lowest BCUT2D eigenvalue weighted by molar-refractivity contribution is -0.126. The summed E-state index contributed by atoms with van der Waals surface area (Å²) >= 11 is 6.07. The molecule has 30 heavy (non-hydrogen) atoms. The second-order valence-electron chi connectivity index (χ2n) is 7.53. The van der Waals surface area contributed by atoms with Crippen molar-refractivity contribution in [2.45, 2.75) is 6.54 Å². The molecule has 1 saturated heterocycles. The molecular weight excluding hydrogens is 392 g/mol. The van der Waals surface area contributed by atoms with Crippen LogP contribution in [0.25, 0.3) is 11.6 Å². The molecule has 0 aromatic heterocycles. The Morgan fingerprint density at radius 2 is 1.40 bits per heavy atom. The Hall–Kier alpha value is -2.88. The number of benzene rings is 3. The summed E-state index contributed by atoms with van der Waals surface area (Å²) in [5, 5.41) is 0.666. The normalized spacial score (nSPS) is 15.2. The van der Waals surface area contributed by atoms with Gasteiger partial charge >= 0.3 is 0 Å². The second kappa shape index (κ2) is 9.75. The second-order valence-corrected chi connectivity index (χ2v) is 7.97. The van der Waals surface area contributed by atoms with Gasteiger partial charge in [-0.05, 0) is 34.9 Å². The lowest BCUT2D eigenvalue weighted by atomic mass is 10.0. The number of hydrogen-bond acceptors (Lipinski definition) is 2. The molecule has 0 atom stereocenters. The third kappa shape index (κ3) is 5.18. The average molecular weight is 417 g/mol. The molecule has 1 fully saturated rings. The molecule has 0 aliphatic carbocycles. The van der Waals surface area contributed by atoms with Crippen molar-refractivity contribution in [3.63, 3.8) is 0 Å². The van der Waals surface area contributed by atoms with E-state index in [0.29, 0.717) is 10.6 Å². The highest BCUT2D eigenvalue weighted by molar-refractivity contribution is 6.31. The number of carbonyl (C=O) groups excluding carboxylic acids is 1. The molecular formula is C26H25ClN2O. The minimum absolute atomic E-state index is 0.0699. The first kappa shape index (κ1) is 20.4. The summed E-state index contributed by atoms with van der Waals surface area (Å²) in [6.45, 7) is 4.13. The molecule has 1 aliphatic heterocycles. The Morgan fingerprint density at radius 3 is 2.03 bits per heavy atom. The predicted molar refractivity (Wildman–Crippen MR) is 124 cm³/mol. The van der Waals surface area contributed by atoms with Gasteiger partial charge in [-0.1, -0.05) is 84.4 Å². The van der Waals surface area contributed by atoms with Crippen molar-refractivity contribution < 1.29 is 4.79 Å². The Bertz CT molecular complexity index is 992. The van der Waals surface area contributed by atoms with E-state index >= 15 is 0 Å². The molecule has 3 aromatic carbocycles. The Morgan fingerprint density at radius 1 is 0.800 bits per heavy atom. The average Bonchev–Trinajstić information content (AvgIpc) is 2.80. The van der Waals surface area contributed by atoms with Crippen LogP contribution in [0, 0.1) is 0 Å². The SMILES string of the molecule is O=C(/C(=C\c1ccccc1)c1ccc(Cl)cc1)N1CCN(Cc2ccccc2)CC1. The Kier molecular flexibility index (Phi) is 6.63. The largest absolute Gasteiger partial charge is 0.336 e. The van der Waals surface area contributed by atoms with E-state index in [9.17, 15) is 4.79 Å². The zero-order valence-corrected chi connectivity index (χ0v) is 17.6. The van der Waals surface area contributed by atoms with Gasteiger partial charge in [0.2, 0.25) is 0 Å². The summed E-state index contributed by atoms with van der Waals surface area (Å²) in [5.74, 6) is 0.0699. The van der Waals surface area contributed by atoms with Gasteiger partial charge in [0.1, 0.15) is 0 Å². The van der Waals surface area contributed by atoms with E-state index in [-0.39, 0.29) is 5.91 Å². The summed E-state index contributed by atoms with van der Waals surface area (Å²) in [7, 11) is 0. The van der Waals surface area contributed by atoms with Gasteiger partial charge in [-0.25, -0.2) is 0 Å². The first-order chi connectivity index (χ1) is 14.7. The van der Waals surface area contributed by atoms with E-state index in [1.54, 1.807) is 0 Å². The molecule has 4 heteroatoms. The summed E-state index contributed by atoms with van der Waals surface area (Å²) in [6.07, 6.45) is 1.97. The maximum Gasteiger partial charge on any atom is 0.254 e. The number of halogens is 1. The van der Waals surface area contributed by atoms with Crippen molar-refractivity contribution in [1.82, 2.24) is 9.80 Å².